The van der Waals surface area contributed by atoms with Crippen molar-refractivity contribution in [1.82, 2.24) is 0 Å². The van der Waals surface area contributed by atoms with E-state index < -0.39 is 11.7 Å². The number of aromatic hydroxyl groups is 1. The summed E-state index contributed by atoms with van der Waals surface area (Å²) in [5, 5.41) is 21.0. The average molecular weight is 338 g/mol. The molecule has 5 nitrogen and oxygen atoms in total. The molecule has 0 radical (unpaired) electrons. The summed E-state index contributed by atoms with van der Waals surface area (Å²) in [6, 6.07) is 8.56. The predicted octanol–water partition coefficient (Wildman–Crippen LogP) is 3.29. The zero-order valence-electron chi connectivity index (χ0n) is 13.9. The van der Waals surface area contributed by atoms with E-state index in [2.05, 4.69) is 0 Å². The van der Waals surface area contributed by atoms with Crippen LogP contribution in [0.15, 0.2) is 36.4 Å². The van der Waals surface area contributed by atoms with Gasteiger partial charge in [0, 0.05) is 17.2 Å². The maximum atomic E-state index is 11.3. The van der Waals surface area contributed by atoms with Crippen LogP contribution in [0.1, 0.15) is 36.6 Å². The van der Waals surface area contributed by atoms with Gasteiger partial charge in [-0.05, 0) is 50.3 Å². The summed E-state index contributed by atoms with van der Waals surface area (Å²) in [5.74, 6) is 2.02. The fourth-order valence-corrected chi connectivity index (χ4v) is 3.78. The fraction of sp³-hybridized carbons (Fsp3) is 0.300. The number of aliphatic hydroxyl groups is 1. The van der Waals surface area contributed by atoms with Gasteiger partial charge in [0.15, 0.2) is 11.7 Å². The fourth-order valence-electron chi connectivity index (χ4n) is 3.78. The molecule has 5 heteroatoms. The van der Waals surface area contributed by atoms with E-state index in [1.54, 1.807) is 18.2 Å². The molecule has 2 aromatic carbocycles. The number of ether oxygens (including phenoxy) is 3. The number of hydrogen-bond donors (Lipinski definition) is 2. The van der Waals surface area contributed by atoms with E-state index in [1.807, 2.05) is 38.1 Å². The summed E-state index contributed by atoms with van der Waals surface area (Å²) < 4.78 is 17.9. The number of rotatable bonds is 0. The molecule has 2 aromatic rings. The van der Waals surface area contributed by atoms with Crippen LogP contribution in [0.4, 0.5) is 0 Å². The van der Waals surface area contributed by atoms with Gasteiger partial charge in [0.05, 0.1) is 5.56 Å². The van der Waals surface area contributed by atoms with Crippen molar-refractivity contribution >= 4 is 6.08 Å². The molecular formula is C20H18O5. The zero-order valence-corrected chi connectivity index (χ0v) is 13.9. The molecule has 3 aliphatic heterocycles. The van der Waals surface area contributed by atoms with E-state index in [0.29, 0.717) is 17.1 Å². The summed E-state index contributed by atoms with van der Waals surface area (Å²) in [5.41, 5.74) is 0.603. The Balaban J connectivity index is 1.66. The van der Waals surface area contributed by atoms with Crippen LogP contribution in [0, 0.1) is 0 Å². The van der Waals surface area contributed by atoms with Gasteiger partial charge in [-0.1, -0.05) is 0 Å². The minimum Gasteiger partial charge on any atom is -0.508 e. The van der Waals surface area contributed by atoms with Gasteiger partial charge in [-0.2, -0.15) is 0 Å². The molecule has 2 N–H and O–H groups in total. The minimum atomic E-state index is -1.27. The molecule has 0 bridgehead atoms. The van der Waals surface area contributed by atoms with Crippen LogP contribution in [0.2, 0.25) is 0 Å². The van der Waals surface area contributed by atoms with Gasteiger partial charge in [-0.25, -0.2) is 0 Å². The Morgan fingerprint density at radius 1 is 1.12 bits per heavy atom. The second kappa shape index (κ2) is 4.49. The van der Waals surface area contributed by atoms with Crippen molar-refractivity contribution in [2.45, 2.75) is 31.2 Å². The van der Waals surface area contributed by atoms with Crippen LogP contribution >= 0.6 is 0 Å². The Labute approximate surface area is 145 Å². The van der Waals surface area contributed by atoms with Crippen LogP contribution in [-0.2, 0) is 5.60 Å². The third kappa shape index (κ3) is 1.93. The van der Waals surface area contributed by atoms with Gasteiger partial charge >= 0.3 is 0 Å². The lowest BCUT2D eigenvalue weighted by Gasteiger charge is -2.34. The Morgan fingerprint density at radius 3 is 2.80 bits per heavy atom. The van der Waals surface area contributed by atoms with Crippen LogP contribution in [0.25, 0.3) is 6.08 Å². The highest BCUT2D eigenvalue weighted by Crippen LogP contribution is 2.56. The molecular weight excluding hydrogens is 320 g/mol. The molecule has 3 aliphatic rings. The van der Waals surface area contributed by atoms with Gasteiger partial charge in [-0.3, -0.25) is 0 Å². The monoisotopic (exact) mass is 338 g/mol. The maximum Gasteiger partial charge on any atom is 0.168 e. The molecule has 5 rings (SSSR count). The highest BCUT2D eigenvalue weighted by atomic mass is 16.5. The largest absolute Gasteiger partial charge is 0.508 e. The Hall–Kier alpha value is -2.66. The second-order valence-electron chi connectivity index (χ2n) is 7.33. The van der Waals surface area contributed by atoms with E-state index in [4.69, 9.17) is 14.2 Å². The molecule has 2 atom stereocenters. The van der Waals surface area contributed by atoms with Crippen molar-refractivity contribution in [3.05, 3.63) is 53.1 Å². The SMILES string of the molecule is CC1(C)C=Cc2c(ccc3c2O[C@H]2c4ccc(O)cc4OC[C@@]32O)O1. The lowest BCUT2D eigenvalue weighted by Crippen LogP contribution is -2.41. The van der Waals surface area contributed by atoms with Gasteiger partial charge in [-0.15, -0.1) is 0 Å². The molecule has 0 aliphatic carbocycles. The van der Waals surface area contributed by atoms with Gasteiger partial charge < -0.3 is 24.4 Å². The smallest absolute Gasteiger partial charge is 0.168 e. The molecule has 0 unspecified atom stereocenters. The topological polar surface area (TPSA) is 68.2 Å². The first-order chi connectivity index (χ1) is 11.9. The van der Waals surface area contributed by atoms with Crippen molar-refractivity contribution in [3.8, 4) is 23.0 Å². The van der Waals surface area contributed by atoms with E-state index >= 15 is 0 Å². The number of fused-ring (bicyclic) bond motifs is 7. The molecule has 0 amide bonds. The Kier molecular flexibility index (Phi) is 2.63. The molecule has 0 spiro atoms. The first-order valence-electron chi connectivity index (χ1n) is 8.28. The lowest BCUT2D eigenvalue weighted by atomic mass is 9.84. The van der Waals surface area contributed by atoms with Crippen molar-refractivity contribution in [3.63, 3.8) is 0 Å². The standard InChI is InChI=1S/C20H18O5/c1-19(2)8-7-12-15(25-19)6-5-14-17(12)24-18-13-4-3-11(21)9-16(13)23-10-20(14,18)22/h3-9,18,21-22H,10H2,1-2H3/t18-,20+/m0/s1. The minimum absolute atomic E-state index is 0.0654. The van der Waals surface area contributed by atoms with E-state index in [-0.39, 0.29) is 18.0 Å². The van der Waals surface area contributed by atoms with Gasteiger partial charge in [0.1, 0.15) is 35.2 Å². The van der Waals surface area contributed by atoms with Gasteiger partial charge in [0.25, 0.3) is 0 Å². The quantitative estimate of drug-likeness (QED) is 0.771. The number of benzene rings is 2. The first kappa shape index (κ1) is 14.7. The van der Waals surface area contributed by atoms with Crippen molar-refractivity contribution in [2.75, 3.05) is 6.61 Å². The van der Waals surface area contributed by atoms with Crippen molar-refractivity contribution < 1.29 is 24.4 Å². The summed E-state index contributed by atoms with van der Waals surface area (Å²) in [7, 11) is 0. The first-order valence-corrected chi connectivity index (χ1v) is 8.28. The molecule has 3 heterocycles. The van der Waals surface area contributed by atoms with Crippen LogP contribution in [0.3, 0.4) is 0 Å². The van der Waals surface area contributed by atoms with Crippen LogP contribution in [-0.4, -0.2) is 22.4 Å². The predicted molar refractivity (Wildman–Crippen MR) is 91.1 cm³/mol. The summed E-state index contributed by atoms with van der Waals surface area (Å²) >= 11 is 0. The highest BCUT2D eigenvalue weighted by Gasteiger charge is 2.54. The molecule has 25 heavy (non-hydrogen) atoms. The molecule has 0 saturated carbocycles. The van der Waals surface area contributed by atoms with Crippen LogP contribution in [0.5, 0.6) is 23.0 Å². The number of phenols is 1. The van der Waals surface area contributed by atoms with E-state index in [9.17, 15) is 10.2 Å². The lowest BCUT2D eigenvalue weighted by molar-refractivity contribution is -0.0864. The Bertz CT molecular complexity index is 930. The van der Waals surface area contributed by atoms with Crippen LogP contribution < -0.4 is 14.2 Å². The maximum absolute atomic E-state index is 11.3. The average Bonchev–Trinajstić information content (AvgIpc) is 2.86. The summed E-state index contributed by atoms with van der Waals surface area (Å²) in [6.45, 7) is 4.05. The van der Waals surface area contributed by atoms with Gasteiger partial charge in [0.2, 0.25) is 0 Å². The molecule has 0 fully saturated rings. The zero-order chi connectivity index (χ0) is 17.4. The third-order valence-corrected chi connectivity index (χ3v) is 5.04. The normalized spacial score (nSPS) is 27.1. The summed E-state index contributed by atoms with van der Waals surface area (Å²) in [4.78, 5) is 0. The molecule has 128 valence electrons. The highest BCUT2D eigenvalue weighted by molar-refractivity contribution is 5.71. The van der Waals surface area contributed by atoms with Crippen molar-refractivity contribution in [1.29, 1.82) is 0 Å². The second-order valence-corrected chi connectivity index (χ2v) is 7.33. The summed E-state index contributed by atoms with van der Waals surface area (Å²) in [6.07, 6.45) is 3.38. The Morgan fingerprint density at radius 2 is 1.96 bits per heavy atom. The number of phenolic OH excluding ortho intramolecular Hbond substituents is 1. The number of hydrogen-bond acceptors (Lipinski definition) is 5. The molecule has 0 aromatic heterocycles. The van der Waals surface area contributed by atoms with E-state index in [1.165, 1.54) is 0 Å². The van der Waals surface area contributed by atoms with Crippen molar-refractivity contribution in [2.24, 2.45) is 0 Å². The third-order valence-electron chi connectivity index (χ3n) is 5.04. The van der Waals surface area contributed by atoms with E-state index in [0.717, 1.165) is 16.9 Å². The molecule has 0 saturated heterocycles.